The van der Waals surface area contributed by atoms with Crippen molar-refractivity contribution in [1.29, 1.82) is 0 Å². The quantitative estimate of drug-likeness (QED) is 0.113. The number of anilines is 3. The number of hydrogen-bond acceptors (Lipinski definition) is 14. The highest BCUT2D eigenvalue weighted by Crippen LogP contribution is 2.46. The Kier molecular flexibility index (Phi) is 12.2. The molecule has 0 spiro atoms. The fourth-order valence-electron chi connectivity index (χ4n) is 8.09. The van der Waals surface area contributed by atoms with E-state index in [1.54, 1.807) is 64.3 Å². The van der Waals surface area contributed by atoms with Crippen LogP contribution in [0.1, 0.15) is 94.2 Å². The van der Waals surface area contributed by atoms with Crippen LogP contribution in [0.3, 0.4) is 0 Å². The van der Waals surface area contributed by atoms with Gasteiger partial charge in [-0.05, 0) is 94.3 Å². The Hall–Kier alpha value is -6.01. The molecular weight excluding hydrogens is 833 g/mol. The maximum Gasteiger partial charge on any atom is 0.410 e. The number of nitrogens with one attached hydrogen (secondary N) is 1. The second-order valence-electron chi connectivity index (χ2n) is 17.0. The van der Waals surface area contributed by atoms with Gasteiger partial charge in [0.05, 0.1) is 52.0 Å². The first-order valence-corrected chi connectivity index (χ1v) is 22.5. The fourth-order valence-corrected chi connectivity index (χ4v) is 9.78. The Morgan fingerprint density at radius 3 is 2.25 bits per heavy atom. The molecule has 2 atom stereocenters. The van der Waals surface area contributed by atoms with Crippen molar-refractivity contribution in [1.82, 2.24) is 19.8 Å². The topological polar surface area (TPSA) is 186 Å². The van der Waals surface area contributed by atoms with Gasteiger partial charge in [0.15, 0.2) is 28.3 Å². The standard InChI is InChI=1S/C45H54N6O11S/c1-45(2,3)61-44(53)49-18-17-35(52)32(26-49)29-20-38(58-6)42(39(21-29)59-7)63(54,55)50(25-27-11-15-30(56-4)16-12-27)43-31-22-37(57-5)33(23-36(31)62-48-43)46-40-24-34(28-13-14-28)51(47-40)41-10-8-9-19-60-41/h11-12,15-16,20-24,28,32,41H,8-10,13-14,17-19,25-26H2,1-7H3,(H,46,47). The lowest BCUT2D eigenvalue weighted by molar-refractivity contribution is -0.123. The van der Waals surface area contributed by atoms with Crippen molar-refractivity contribution in [3.8, 4) is 23.0 Å². The maximum atomic E-state index is 15.3. The Balaban J connectivity index is 1.18. The number of ketones is 1. The largest absolute Gasteiger partial charge is 0.497 e. The van der Waals surface area contributed by atoms with Gasteiger partial charge in [0, 0.05) is 49.9 Å². The van der Waals surface area contributed by atoms with Crippen LogP contribution in [-0.2, 0) is 30.8 Å². The molecule has 4 heterocycles. The number of likely N-dealkylation sites (tertiary alicyclic amines) is 1. The normalized spacial score (nSPS) is 18.3. The van der Waals surface area contributed by atoms with E-state index in [-0.39, 0.29) is 65.9 Å². The number of aromatic nitrogens is 3. The molecular formula is C45H54N6O11S. The predicted molar refractivity (Wildman–Crippen MR) is 233 cm³/mol. The number of hydrogen-bond donors (Lipinski definition) is 1. The zero-order valence-corrected chi connectivity index (χ0v) is 37.5. The molecule has 2 aliphatic heterocycles. The van der Waals surface area contributed by atoms with Gasteiger partial charge < -0.3 is 43.2 Å². The van der Waals surface area contributed by atoms with Crippen molar-refractivity contribution < 1.29 is 51.0 Å². The van der Waals surface area contributed by atoms with Crippen LogP contribution >= 0.6 is 0 Å². The molecule has 1 amide bonds. The molecule has 5 aromatic rings. The van der Waals surface area contributed by atoms with Gasteiger partial charge in [-0.2, -0.15) is 5.10 Å². The first-order chi connectivity index (χ1) is 30.2. The number of rotatable bonds is 14. The monoisotopic (exact) mass is 886 g/mol. The molecule has 63 heavy (non-hydrogen) atoms. The average molecular weight is 887 g/mol. The summed E-state index contributed by atoms with van der Waals surface area (Å²) in [5.74, 6) is 0.919. The van der Waals surface area contributed by atoms with Crippen molar-refractivity contribution in [2.24, 2.45) is 0 Å². The number of carbonyl (C=O) groups is 2. The van der Waals surface area contributed by atoms with E-state index in [2.05, 4.69) is 10.5 Å². The molecule has 2 aromatic heterocycles. The van der Waals surface area contributed by atoms with Gasteiger partial charge >= 0.3 is 6.09 Å². The van der Waals surface area contributed by atoms with E-state index in [1.807, 2.05) is 10.7 Å². The number of benzene rings is 3. The van der Waals surface area contributed by atoms with Gasteiger partial charge in [0.2, 0.25) is 0 Å². The second-order valence-corrected chi connectivity index (χ2v) is 18.8. The number of Topliss-reactive ketones (excluding diaryl/α,β-unsaturated/α-hetero) is 1. The highest BCUT2D eigenvalue weighted by molar-refractivity contribution is 7.93. The van der Waals surface area contributed by atoms with Gasteiger partial charge in [0.25, 0.3) is 10.0 Å². The molecule has 8 rings (SSSR count). The molecule has 3 aliphatic rings. The van der Waals surface area contributed by atoms with Crippen LogP contribution < -0.4 is 28.6 Å². The molecule has 18 heteroatoms. The number of ether oxygens (including phenoxy) is 6. The van der Waals surface area contributed by atoms with Crippen LogP contribution in [0.5, 0.6) is 23.0 Å². The Labute approximate surface area is 366 Å². The molecule has 336 valence electrons. The van der Waals surface area contributed by atoms with Crippen LogP contribution in [-0.4, -0.2) is 93.9 Å². The molecule has 2 saturated heterocycles. The molecule has 3 fully saturated rings. The number of amides is 1. The fraction of sp³-hybridized carbons (Fsp3) is 0.467. The summed E-state index contributed by atoms with van der Waals surface area (Å²) in [6, 6.07) is 15.4. The minimum atomic E-state index is -4.63. The summed E-state index contributed by atoms with van der Waals surface area (Å²) in [6.07, 6.45) is 4.61. The van der Waals surface area contributed by atoms with E-state index in [0.29, 0.717) is 52.0 Å². The van der Waals surface area contributed by atoms with Crippen molar-refractivity contribution in [2.45, 2.75) is 94.4 Å². The number of fused-ring (bicyclic) bond motifs is 1. The summed E-state index contributed by atoms with van der Waals surface area (Å²) in [4.78, 5) is 27.6. The summed E-state index contributed by atoms with van der Waals surface area (Å²) in [6.45, 7) is 6.04. The zero-order chi connectivity index (χ0) is 44.6. The van der Waals surface area contributed by atoms with E-state index < -0.39 is 27.6 Å². The number of piperidine rings is 1. The average Bonchev–Trinajstić information content (AvgIpc) is 3.92. The lowest BCUT2D eigenvalue weighted by atomic mass is 9.89. The minimum Gasteiger partial charge on any atom is -0.497 e. The second kappa shape index (κ2) is 17.6. The summed E-state index contributed by atoms with van der Waals surface area (Å²) < 4.78 is 74.2. The van der Waals surface area contributed by atoms with E-state index in [1.165, 1.54) is 38.4 Å². The van der Waals surface area contributed by atoms with Crippen LogP contribution in [0.4, 0.5) is 22.1 Å². The van der Waals surface area contributed by atoms with E-state index in [9.17, 15) is 9.59 Å². The maximum absolute atomic E-state index is 15.3. The third kappa shape index (κ3) is 9.09. The third-order valence-corrected chi connectivity index (χ3v) is 13.3. The van der Waals surface area contributed by atoms with E-state index in [4.69, 9.17) is 38.0 Å². The Morgan fingerprint density at radius 1 is 0.921 bits per heavy atom. The molecule has 0 bridgehead atoms. The smallest absolute Gasteiger partial charge is 0.410 e. The predicted octanol–water partition coefficient (Wildman–Crippen LogP) is 8.07. The third-order valence-electron chi connectivity index (χ3n) is 11.5. The molecule has 2 unspecified atom stereocenters. The summed E-state index contributed by atoms with van der Waals surface area (Å²) in [7, 11) is 1.11. The highest BCUT2D eigenvalue weighted by Gasteiger charge is 2.39. The van der Waals surface area contributed by atoms with Gasteiger partial charge in [-0.15, -0.1) is 0 Å². The van der Waals surface area contributed by atoms with E-state index >= 15 is 8.42 Å². The van der Waals surface area contributed by atoms with Crippen LogP contribution in [0, 0.1) is 0 Å². The van der Waals surface area contributed by atoms with E-state index in [0.717, 1.165) is 42.1 Å². The zero-order valence-electron chi connectivity index (χ0n) is 36.6. The minimum absolute atomic E-state index is 0.0240. The molecule has 1 N–H and O–H groups in total. The summed E-state index contributed by atoms with van der Waals surface area (Å²) >= 11 is 0. The molecule has 1 saturated carbocycles. The van der Waals surface area contributed by atoms with Crippen LogP contribution in [0.2, 0.25) is 0 Å². The number of carbonyl (C=O) groups excluding carboxylic acids is 2. The van der Waals surface area contributed by atoms with Gasteiger partial charge in [0.1, 0.15) is 34.4 Å². The van der Waals surface area contributed by atoms with Crippen molar-refractivity contribution in [3.63, 3.8) is 0 Å². The number of sulfonamides is 1. The Bertz CT molecular complexity index is 2570. The van der Waals surface area contributed by atoms with Gasteiger partial charge in [-0.3, -0.25) is 4.79 Å². The lowest BCUT2D eigenvalue weighted by Crippen LogP contribution is -2.45. The highest BCUT2D eigenvalue weighted by atomic mass is 32.2. The summed E-state index contributed by atoms with van der Waals surface area (Å²) in [5.41, 5.74) is 2.23. The van der Waals surface area contributed by atoms with Crippen LogP contribution in [0.25, 0.3) is 11.0 Å². The SMILES string of the molecule is COc1ccc(CN(c2noc3cc(Nc4cc(C5CC5)n(C5CCCCO5)n4)c(OC)cc23)S(=O)(=O)c2c(OC)cc(C3CN(C(=O)OC(C)(C)C)CCC3=O)cc2OC)cc1. The van der Waals surface area contributed by atoms with Gasteiger partial charge in [-0.25, -0.2) is 22.2 Å². The number of methoxy groups -OCH3 is 4. The number of nitrogens with zero attached hydrogens (tertiary/aromatic N) is 5. The van der Waals surface area contributed by atoms with Gasteiger partial charge in [-0.1, -0.05) is 17.3 Å². The molecule has 17 nitrogen and oxygen atoms in total. The first kappa shape index (κ1) is 43.6. The summed E-state index contributed by atoms with van der Waals surface area (Å²) in [5, 5.41) is 13.0. The molecule has 1 aliphatic carbocycles. The molecule has 3 aromatic carbocycles. The first-order valence-electron chi connectivity index (χ1n) is 21.1. The Morgan fingerprint density at radius 2 is 1.63 bits per heavy atom. The van der Waals surface area contributed by atoms with Crippen LogP contribution in [0.15, 0.2) is 64.0 Å². The van der Waals surface area contributed by atoms with Crippen molar-refractivity contribution in [3.05, 3.63) is 71.4 Å². The van der Waals surface area contributed by atoms with Crippen molar-refractivity contribution in [2.75, 3.05) is 57.8 Å². The molecule has 0 radical (unpaired) electrons. The van der Waals surface area contributed by atoms with Crippen molar-refractivity contribution >= 4 is 50.2 Å². The lowest BCUT2D eigenvalue weighted by Gasteiger charge is -2.34.